The minimum Gasteiger partial charge on any atom is -0.389 e. The van der Waals surface area contributed by atoms with Gasteiger partial charge >= 0.3 is 0 Å². The van der Waals surface area contributed by atoms with E-state index in [4.69, 9.17) is 4.74 Å². The number of rotatable bonds is 7. The van der Waals surface area contributed by atoms with Gasteiger partial charge < -0.3 is 9.84 Å². The van der Waals surface area contributed by atoms with Crippen molar-refractivity contribution in [2.45, 2.75) is 46.3 Å². The van der Waals surface area contributed by atoms with Gasteiger partial charge in [-0.1, -0.05) is 20.8 Å². The van der Waals surface area contributed by atoms with Crippen molar-refractivity contribution in [1.82, 2.24) is 4.90 Å². The van der Waals surface area contributed by atoms with Gasteiger partial charge in [-0.3, -0.25) is 4.90 Å². The first-order valence-corrected chi connectivity index (χ1v) is 5.80. The number of hydrogen-bond donors (Lipinski definition) is 1. The molecule has 0 aromatic carbocycles. The van der Waals surface area contributed by atoms with E-state index in [9.17, 15) is 5.11 Å². The zero-order valence-corrected chi connectivity index (χ0v) is 11.1. The van der Waals surface area contributed by atoms with Crippen LogP contribution in [0.5, 0.6) is 0 Å². The fraction of sp³-hybridized carbons (Fsp3) is 1.00. The molecule has 0 amide bonds. The maximum Gasteiger partial charge on any atom is 0.0768 e. The maximum atomic E-state index is 10.2. The highest BCUT2D eigenvalue weighted by Gasteiger charge is 2.28. The Balaban J connectivity index is 4.31. The molecule has 0 aliphatic rings. The van der Waals surface area contributed by atoms with E-state index in [1.165, 1.54) is 0 Å². The molecule has 0 fully saturated rings. The largest absolute Gasteiger partial charge is 0.389 e. The number of hydrogen-bond acceptors (Lipinski definition) is 3. The smallest absolute Gasteiger partial charge is 0.0768 e. The van der Waals surface area contributed by atoms with Crippen molar-refractivity contribution in [1.29, 1.82) is 0 Å². The van der Waals surface area contributed by atoms with Gasteiger partial charge in [0.05, 0.1) is 12.2 Å². The summed E-state index contributed by atoms with van der Waals surface area (Å²) in [6.07, 6.45) is 0. The fourth-order valence-electron chi connectivity index (χ4n) is 1.52. The van der Waals surface area contributed by atoms with Crippen LogP contribution in [0.15, 0.2) is 0 Å². The third-order valence-electron chi connectivity index (χ3n) is 3.20. The Morgan fingerprint density at radius 1 is 1.33 bits per heavy atom. The van der Waals surface area contributed by atoms with Crippen LogP contribution in [-0.4, -0.2) is 48.5 Å². The van der Waals surface area contributed by atoms with Crippen molar-refractivity contribution >= 4 is 0 Å². The highest BCUT2D eigenvalue weighted by atomic mass is 16.5. The lowest BCUT2D eigenvalue weighted by molar-refractivity contribution is -0.0338. The molecule has 3 heteroatoms. The van der Waals surface area contributed by atoms with Gasteiger partial charge in [-0.25, -0.2) is 0 Å². The van der Waals surface area contributed by atoms with E-state index in [2.05, 4.69) is 32.6 Å². The molecule has 0 aromatic rings. The SMILES string of the molecule is CCN(CC(C)(O)C(C)C)C(C)COC. The molecule has 0 spiro atoms. The fourth-order valence-corrected chi connectivity index (χ4v) is 1.52. The van der Waals surface area contributed by atoms with Gasteiger partial charge in [-0.2, -0.15) is 0 Å². The second kappa shape index (κ2) is 6.46. The summed E-state index contributed by atoms with van der Waals surface area (Å²) >= 11 is 0. The topological polar surface area (TPSA) is 32.7 Å². The molecule has 3 nitrogen and oxygen atoms in total. The molecule has 92 valence electrons. The minimum atomic E-state index is -0.627. The number of likely N-dealkylation sites (N-methyl/N-ethyl adjacent to an activating group) is 1. The van der Waals surface area contributed by atoms with E-state index in [1.807, 2.05) is 6.92 Å². The molecule has 0 radical (unpaired) electrons. The van der Waals surface area contributed by atoms with Crippen molar-refractivity contribution in [3.63, 3.8) is 0 Å². The number of nitrogens with zero attached hydrogens (tertiary/aromatic N) is 1. The van der Waals surface area contributed by atoms with E-state index in [0.717, 1.165) is 6.54 Å². The van der Waals surface area contributed by atoms with Gasteiger partial charge in [0.1, 0.15) is 0 Å². The van der Waals surface area contributed by atoms with Crippen LogP contribution in [0.2, 0.25) is 0 Å². The zero-order chi connectivity index (χ0) is 12.1. The van der Waals surface area contributed by atoms with Crippen molar-refractivity contribution in [2.75, 3.05) is 26.8 Å². The van der Waals surface area contributed by atoms with E-state index < -0.39 is 5.60 Å². The average Bonchev–Trinajstić information content (AvgIpc) is 2.14. The highest BCUT2D eigenvalue weighted by molar-refractivity contribution is 4.82. The molecule has 0 rings (SSSR count). The van der Waals surface area contributed by atoms with Crippen LogP contribution in [0.1, 0.15) is 34.6 Å². The molecular formula is C12H27NO2. The zero-order valence-electron chi connectivity index (χ0n) is 11.1. The molecular weight excluding hydrogens is 190 g/mol. The quantitative estimate of drug-likeness (QED) is 0.705. The molecule has 0 saturated heterocycles. The summed E-state index contributed by atoms with van der Waals surface area (Å²) < 4.78 is 5.14. The summed E-state index contributed by atoms with van der Waals surface area (Å²) in [6.45, 7) is 12.6. The predicted octanol–water partition coefficient (Wildman–Crippen LogP) is 1.75. The van der Waals surface area contributed by atoms with Crippen LogP contribution in [0.4, 0.5) is 0 Å². The molecule has 0 aliphatic carbocycles. The van der Waals surface area contributed by atoms with Crippen molar-refractivity contribution in [3.05, 3.63) is 0 Å². The molecule has 0 bridgehead atoms. The van der Waals surface area contributed by atoms with Gasteiger partial charge in [0, 0.05) is 19.7 Å². The van der Waals surface area contributed by atoms with Gasteiger partial charge in [-0.15, -0.1) is 0 Å². The summed E-state index contributed by atoms with van der Waals surface area (Å²) in [5.74, 6) is 0.265. The monoisotopic (exact) mass is 217 g/mol. The van der Waals surface area contributed by atoms with E-state index >= 15 is 0 Å². The molecule has 0 aliphatic heterocycles. The summed E-state index contributed by atoms with van der Waals surface area (Å²) in [6, 6.07) is 0.352. The van der Waals surface area contributed by atoms with Crippen LogP contribution in [0.25, 0.3) is 0 Å². The summed E-state index contributed by atoms with van der Waals surface area (Å²) in [4.78, 5) is 2.25. The normalized spacial score (nSPS) is 18.2. The highest BCUT2D eigenvalue weighted by Crippen LogP contribution is 2.18. The van der Waals surface area contributed by atoms with Crippen LogP contribution >= 0.6 is 0 Å². The lowest BCUT2D eigenvalue weighted by atomic mass is 9.91. The predicted molar refractivity (Wildman–Crippen MR) is 64.0 cm³/mol. The van der Waals surface area contributed by atoms with Crippen LogP contribution in [0, 0.1) is 5.92 Å². The summed E-state index contributed by atoms with van der Waals surface area (Å²) in [5.41, 5.74) is -0.627. The number of aliphatic hydroxyl groups is 1. The molecule has 15 heavy (non-hydrogen) atoms. The Kier molecular flexibility index (Phi) is 6.41. The third-order valence-corrected chi connectivity index (χ3v) is 3.20. The standard InChI is InChI=1S/C12H27NO2/c1-7-13(11(4)8-15-6)9-12(5,14)10(2)3/h10-11,14H,7-9H2,1-6H3. The number of ether oxygens (including phenoxy) is 1. The number of methoxy groups -OCH3 is 1. The summed E-state index contributed by atoms with van der Waals surface area (Å²) in [7, 11) is 1.71. The molecule has 0 aromatic heterocycles. The third kappa shape index (κ3) is 4.96. The molecule has 0 saturated carbocycles. The van der Waals surface area contributed by atoms with Crippen LogP contribution < -0.4 is 0 Å². The first-order valence-electron chi connectivity index (χ1n) is 5.80. The van der Waals surface area contributed by atoms with Gasteiger partial charge in [0.25, 0.3) is 0 Å². The van der Waals surface area contributed by atoms with Crippen molar-refractivity contribution in [3.8, 4) is 0 Å². The van der Waals surface area contributed by atoms with E-state index in [0.29, 0.717) is 19.2 Å². The van der Waals surface area contributed by atoms with E-state index in [1.54, 1.807) is 7.11 Å². The lowest BCUT2D eigenvalue weighted by Gasteiger charge is -2.36. The second-order valence-corrected chi connectivity index (χ2v) is 4.88. The van der Waals surface area contributed by atoms with Gasteiger partial charge in [-0.05, 0) is 26.3 Å². The van der Waals surface area contributed by atoms with Gasteiger partial charge in [0.2, 0.25) is 0 Å². The molecule has 0 heterocycles. The van der Waals surface area contributed by atoms with Crippen LogP contribution in [-0.2, 0) is 4.74 Å². The van der Waals surface area contributed by atoms with Crippen molar-refractivity contribution < 1.29 is 9.84 Å². The Bertz CT molecular complexity index is 169. The average molecular weight is 217 g/mol. The minimum absolute atomic E-state index is 0.265. The van der Waals surface area contributed by atoms with Crippen LogP contribution in [0.3, 0.4) is 0 Å². The Morgan fingerprint density at radius 2 is 1.87 bits per heavy atom. The molecule has 2 atom stereocenters. The van der Waals surface area contributed by atoms with Gasteiger partial charge in [0.15, 0.2) is 0 Å². The Labute approximate surface area is 94.4 Å². The second-order valence-electron chi connectivity index (χ2n) is 4.88. The molecule has 1 N–H and O–H groups in total. The maximum absolute atomic E-state index is 10.2. The molecule has 2 unspecified atom stereocenters. The van der Waals surface area contributed by atoms with E-state index in [-0.39, 0.29) is 5.92 Å². The summed E-state index contributed by atoms with van der Waals surface area (Å²) in [5, 5.41) is 10.2. The Morgan fingerprint density at radius 3 is 2.20 bits per heavy atom. The van der Waals surface area contributed by atoms with Crippen molar-refractivity contribution in [2.24, 2.45) is 5.92 Å². The lowest BCUT2D eigenvalue weighted by Crippen LogP contribution is -2.48. The first kappa shape index (κ1) is 14.9. The first-order chi connectivity index (χ1) is 6.85. The Hall–Kier alpha value is -0.120.